The second-order valence-corrected chi connectivity index (χ2v) is 10.6. The predicted octanol–water partition coefficient (Wildman–Crippen LogP) is 3.81. The molecule has 0 aromatic heterocycles. The summed E-state index contributed by atoms with van der Waals surface area (Å²) in [6.45, 7) is 3.71. The first-order valence-electron chi connectivity index (χ1n) is 14.4. The van der Waals surface area contributed by atoms with Crippen LogP contribution in [0.1, 0.15) is 34.3 Å². The molecule has 1 saturated carbocycles. The molecule has 3 aromatic rings. The van der Waals surface area contributed by atoms with Crippen LogP contribution < -0.4 is 37.2 Å². The summed E-state index contributed by atoms with van der Waals surface area (Å²) in [5.41, 5.74) is 4.09. The maximum Gasteiger partial charge on any atom is 0.323 e. The van der Waals surface area contributed by atoms with E-state index in [1.54, 1.807) is 42.5 Å². The van der Waals surface area contributed by atoms with Crippen LogP contribution in [0.25, 0.3) is 0 Å². The van der Waals surface area contributed by atoms with Crippen molar-refractivity contribution in [3.63, 3.8) is 0 Å². The highest BCUT2D eigenvalue weighted by atomic mass is 16.2. The van der Waals surface area contributed by atoms with Crippen molar-refractivity contribution in [1.82, 2.24) is 16.0 Å². The fourth-order valence-electron chi connectivity index (χ4n) is 4.76. The Morgan fingerprint density at radius 1 is 0.651 bits per heavy atom. The smallest absolute Gasteiger partial charge is 0.323 e. The zero-order chi connectivity index (χ0) is 29.6. The number of anilines is 4. The first kappa shape index (κ1) is 27.8. The van der Waals surface area contributed by atoms with Gasteiger partial charge in [-0.1, -0.05) is 0 Å². The number of nitrogens with zero attached hydrogens (tertiary/aromatic N) is 2. The lowest BCUT2D eigenvalue weighted by molar-refractivity contribution is 0.0951. The molecule has 3 aliphatic rings. The molecular formula is C31H33N9O3. The molecule has 0 spiro atoms. The van der Waals surface area contributed by atoms with E-state index in [1.165, 1.54) is 0 Å². The third-order valence-electron chi connectivity index (χ3n) is 7.14. The van der Waals surface area contributed by atoms with Crippen molar-refractivity contribution < 1.29 is 14.4 Å². The van der Waals surface area contributed by atoms with E-state index < -0.39 is 12.1 Å². The van der Waals surface area contributed by atoms with Crippen molar-refractivity contribution in [2.75, 3.05) is 54.0 Å². The topological polar surface area (TPSA) is 160 Å². The molecule has 1 aliphatic carbocycles. The lowest BCUT2D eigenvalue weighted by Gasteiger charge is -2.14. The van der Waals surface area contributed by atoms with E-state index in [1.807, 2.05) is 24.3 Å². The van der Waals surface area contributed by atoms with Crippen LogP contribution in [-0.2, 0) is 0 Å². The minimum atomic E-state index is -0.489. The first-order valence-corrected chi connectivity index (χ1v) is 14.4. The van der Waals surface area contributed by atoms with Gasteiger partial charge in [0.25, 0.3) is 5.91 Å². The first-order chi connectivity index (χ1) is 21.0. The Morgan fingerprint density at radius 2 is 1.12 bits per heavy atom. The maximum atomic E-state index is 12.9. The van der Waals surface area contributed by atoms with Crippen molar-refractivity contribution in [2.45, 2.75) is 12.8 Å². The molecule has 43 heavy (non-hydrogen) atoms. The Kier molecular flexibility index (Phi) is 8.16. The lowest BCUT2D eigenvalue weighted by Crippen LogP contribution is -2.26. The monoisotopic (exact) mass is 579 g/mol. The zero-order valence-electron chi connectivity index (χ0n) is 23.5. The highest BCUT2D eigenvalue weighted by molar-refractivity contribution is 6.06. The van der Waals surface area contributed by atoms with E-state index in [0.29, 0.717) is 40.8 Å². The Balaban J connectivity index is 1.12. The van der Waals surface area contributed by atoms with E-state index in [2.05, 4.69) is 47.2 Å². The molecule has 2 heterocycles. The highest BCUT2D eigenvalue weighted by Gasteiger charge is 2.22. The van der Waals surface area contributed by atoms with Gasteiger partial charge >= 0.3 is 12.1 Å². The summed E-state index contributed by atoms with van der Waals surface area (Å²) in [5, 5.41) is 20.5. The van der Waals surface area contributed by atoms with E-state index >= 15 is 0 Å². The number of nitrogens with one attached hydrogen (secondary N) is 7. The summed E-state index contributed by atoms with van der Waals surface area (Å²) in [7, 11) is 0. The Bertz CT molecular complexity index is 1480. The second-order valence-electron chi connectivity index (χ2n) is 10.6. The van der Waals surface area contributed by atoms with Crippen LogP contribution in [0.3, 0.4) is 0 Å². The lowest BCUT2D eigenvalue weighted by atomic mass is 10.1. The third kappa shape index (κ3) is 7.47. The Hall–Kier alpha value is -5.39. The van der Waals surface area contributed by atoms with E-state index in [-0.39, 0.29) is 5.91 Å². The SMILES string of the molecule is O=C(Nc1ccc(C2=NCCN2)cc1)Nc1cc(NC(=O)Nc2ccc(C3=NCCN3)cc2)cc(C(=O)NCC2CC2)c1. The molecule has 5 amide bonds. The van der Waals surface area contributed by atoms with Crippen molar-refractivity contribution in [3.05, 3.63) is 83.4 Å². The van der Waals surface area contributed by atoms with E-state index in [0.717, 1.165) is 61.8 Å². The van der Waals surface area contributed by atoms with Gasteiger partial charge in [-0.25, -0.2) is 9.59 Å². The number of amides is 5. The van der Waals surface area contributed by atoms with Crippen LogP contribution in [0.5, 0.6) is 0 Å². The van der Waals surface area contributed by atoms with Crippen LogP contribution in [-0.4, -0.2) is 62.4 Å². The van der Waals surface area contributed by atoms with Gasteiger partial charge in [0.2, 0.25) is 0 Å². The number of aliphatic imine (C=N–C) groups is 2. The third-order valence-corrected chi connectivity index (χ3v) is 7.14. The van der Waals surface area contributed by atoms with Gasteiger partial charge < -0.3 is 37.2 Å². The number of rotatable bonds is 9. The van der Waals surface area contributed by atoms with Gasteiger partial charge in [-0.15, -0.1) is 0 Å². The van der Waals surface area contributed by atoms with E-state index in [9.17, 15) is 14.4 Å². The fourth-order valence-corrected chi connectivity index (χ4v) is 4.76. The van der Waals surface area contributed by atoms with Gasteiger partial charge in [0, 0.05) is 59.1 Å². The summed E-state index contributed by atoms with van der Waals surface area (Å²) in [5.74, 6) is 1.90. The molecule has 0 unspecified atom stereocenters. The average Bonchev–Trinajstić information content (AvgIpc) is 3.41. The molecule has 0 saturated heterocycles. The molecular weight excluding hydrogens is 546 g/mol. The molecule has 7 N–H and O–H groups in total. The van der Waals surface area contributed by atoms with Crippen molar-refractivity contribution >= 4 is 52.4 Å². The molecule has 12 nitrogen and oxygen atoms in total. The summed E-state index contributed by atoms with van der Waals surface area (Å²) in [6, 6.07) is 18.5. The molecule has 220 valence electrons. The van der Waals surface area contributed by atoms with Crippen LogP contribution in [0.15, 0.2) is 76.7 Å². The summed E-state index contributed by atoms with van der Waals surface area (Å²) >= 11 is 0. The molecule has 12 heteroatoms. The number of urea groups is 2. The van der Waals surface area contributed by atoms with Gasteiger partial charge in [0.05, 0.1) is 13.1 Å². The average molecular weight is 580 g/mol. The molecule has 6 rings (SSSR count). The highest BCUT2D eigenvalue weighted by Crippen LogP contribution is 2.28. The molecule has 3 aromatic carbocycles. The Morgan fingerprint density at radius 3 is 1.53 bits per heavy atom. The summed E-state index contributed by atoms with van der Waals surface area (Å²) < 4.78 is 0. The molecule has 0 bridgehead atoms. The number of benzene rings is 3. The van der Waals surface area contributed by atoms with Crippen LogP contribution in [0.4, 0.5) is 32.3 Å². The van der Waals surface area contributed by atoms with Crippen molar-refractivity contribution in [3.8, 4) is 0 Å². The van der Waals surface area contributed by atoms with Gasteiger partial charge in [-0.05, 0) is 85.5 Å². The second kappa shape index (κ2) is 12.6. The quantitative estimate of drug-likeness (QED) is 0.205. The van der Waals surface area contributed by atoms with Crippen molar-refractivity contribution in [2.24, 2.45) is 15.9 Å². The number of hydrogen-bond acceptors (Lipinski definition) is 7. The number of carbonyl (C=O) groups excluding carboxylic acids is 3. The Labute approximate surface area is 248 Å². The minimum absolute atomic E-state index is 0.280. The standard InChI is InChI=1S/C31H33N9O3/c41-29(36-18-19-1-2-19)22-15-25(39-30(42)37-23-7-3-20(4-8-23)27-32-11-12-33-27)17-26(16-22)40-31(43)38-24-9-5-21(6-10-24)28-34-13-14-35-28/h3-10,15-17,19H,1-2,11-14,18H2,(H,32,33)(H,34,35)(H,36,41)(H2,37,39,42)(H2,38,40,43). The molecule has 2 aliphatic heterocycles. The number of amidine groups is 2. The predicted molar refractivity (Wildman–Crippen MR) is 168 cm³/mol. The normalized spacial score (nSPS) is 15.3. The maximum absolute atomic E-state index is 12.9. The van der Waals surface area contributed by atoms with Crippen LogP contribution in [0.2, 0.25) is 0 Å². The summed E-state index contributed by atoms with van der Waals surface area (Å²) in [6.07, 6.45) is 2.21. The van der Waals surface area contributed by atoms with Crippen molar-refractivity contribution in [1.29, 1.82) is 0 Å². The van der Waals surface area contributed by atoms with Gasteiger partial charge in [0.15, 0.2) is 0 Å². The largest absolute Gasteiger partial charge is 0.368 e. The van der Waals surface area contributed by atoms with E-state index in [4.69, 9.17) is 0 Å². The van der Waals surface area contributed by atoms with Crippen LogP contribution in [0, 0.1) is 5.92 Å². The minimum Gasteiger partial charge on any atom is -0.368 e. The van der Waals surface area contributed by atoms with Gasteiger partial charge in [0.1, 0.15) is 11.7 Å². The number of hydrogen-bond donors (Lipinski definition) is 7. The molecule has 0 atom stereocenters. The molecule has 1 fully saturated rings. The fraction of sp³-hybridized carbons (Fsp3) is 0.258. The number of carbonyl (C=O) groups is 3. The van der Waals surface area contributed by atoms with Gasteiger partial charge in [-0.3, -0.25) is 14.8 Å². The molecule has 0 radical (unpaired) electrons. The summed E-state index contributed by atoms with van der Waals surface area (Å²) in [4.78, 5) is 47.4. The van der Waals surface area contributed by atoms with Gasteiger partial charge in [-0.2, -0.15) is 0 Å². The van der Waals surface area contributed by atoms with Crippen LogP contribution >= 0.6 is 0 Å². The zero-order valence-corrected chi connectivity index (χ0v) is 23.5.